The maximum atomic E-state index is 11.3. The van der Waals surface area contributed by atoms with Crippen molar-refractivity contribution in [3.05, 3.63) is 0 Å². The minimum Gasteiger partial charge on any atom is -0.464 e. The van der Waals surface area contributed by atoms with Crippen LogP contribution in [0.1, 0.15) is 26.7 Å². The van der Waals surface area contributed by atoms with Gasteiger partial charge in [0.05, 0.1) is 6.61 Å². The number of hydrogen-bond donors (Lipinski definition) is 0. The number of carbonyl (C=O) groups excluding carboxylic acids is 2. The molecule has 1 atom stereocenters. The molecular weight excluding hydrogens is 170 g/mol. The summed E-state index contributed by atoms with van der Waals surface area (Å²) in [7, 11) is 1.59. The Labute approximate surface area is 78.9 Å². The van der Waals surface area contributed by atoms with E-state index >= 15 is 0 Å². The van der Waals surface area contributed by atoms with Crippen molar-refractivity contribution in [1.29, 1.82) is 0 Å². The lowest BCUT2D eigenvalue weighted by Crippen LogP contribution is -2.38. The van der Waals surface area contributed by atoms with E-state index in [-0.39, 0.29) is 5.97 Å². The Morgan fingerprint density at radius 2 is 2.15 bits per heavy atom. The van der Waals surface area contributed by atoms with Crippen LogP contribution in [0.3, 0.4) is 0 Å². The summed E-state index contributed by atoms with van der Waals surface area (Å²) < 4.78 is 4.84. The zero-order chi connectivity index (χ0) is 10.3. The molecule has 4 nitrogen and oxygen atoms in total. The van der Waals surface area contributed by atoms with Crippen LogP contribution in [-0.4, -0.2) is 37.0 Å². The van der Waals surface area contributed by atoms with E-state index in [1.807, 2.05) is 6.92 Å². The molecule has 0 aliphatic carbocycles. The Hall–Kier alpha value is -1.06. The van der Waals surface area contributed by atoms with Gasteiger partial charge < -0.3 is 9.64 Å². The SMILES string of the molecule is CCC[C@@H](C(=O)OCC)N(C)C=O. The Kier molecular flexibility index (Phi) is 5.93. The predicted octanol–water partition coefficient (Wildman–Crippen LogP) is 0.806. The average molecular weight is 187 g/mol. The highest BCUT2D eigenvalue weighted by molar-refractivity contribution is 5.78. The second-order valence-corrected chi connectivity index (χ2v) is 2.83. The highest BCUT2D eigenvalue weighted by Crippen LogP contribution is 2.05. The quantitative estimate of drug-likeness (QED) is 0.456. The molecule has 0 bridgehead atoms. The summed E-state index contributed by atoms with van der Waals surface area (Å²) >= 11 is 0. The first-order valence-corrected chi connectivity index (χ1v) is 4.51. The second-order valence-electron chi connectivity index (χ2n) is 2.83. The number of carbonyl (C=O) groups is 2. The first-order valence-electron chi connectivity index (χ1n) is 4.51. The summed E-state index contributed by atoms with van der Waals surface area (Å²) in [5.74, 6) is -0.320. The van der Waals surface area contributed by atoms with E-state index in [1.165, 1.54) is 4.90 Å². The summed E-state index contributed by atoms with van der Waals surface area (Å²) in [4.78, 5) is 23.1. The lowest BCUT2D eigenvalue weighted by atomic mass is 10.1. The predicted molar refractivity (Wildman–Crippen MR) is 49.2 cm³/mol. The molecule has 0 aromatic heterocycles. The lowest BCUT2D eigenvalue weighted by Gasteiger charge is -2.21. The molecule has 0 aliphatic heterocycles. The fourth-order valence-corrected chi connectivity index (χ4v) is 1.07. The summed E-state index contributed by atoms with van der Waals surface area (Å²) in [5, 5.41) is 0. The number of nitrogens with zero attached hydrogens (tertiary/aromatic N) is 1. The smallest absolute Gasteiger partial charge is 0.328 e. The summed E-state index contributed by atoms with van der Waals surface area (Å²) in [6.45, 7) is 4.07. The van der Waals surface area contributed by atoms with Crippen molar-refractivity contribution in [3.8, 4) is 0 Å². The van der Waals surface area contributed by atoms with Crippen LogP contribution in [0.25, 0.3) is 0 Å². The van der Waals surface area contributed by atoms with Crippen LogP contribution in [0.2, 0.25) is 0 Å². The van der Waals surface area contributed by atoms with Crippen LogP contribution in [0.5, 0.6) is 0 Å². The highest BCUT2D eigenvalue weighted by Gasteiger charge is 2.22. The van der Waals surface area contributed by atoms with Gasteiger partial charge in [0.15, 0.2) is 0 Å². The molecule has 13 heavy (non-hydrogen) atoms. The third-order valence-corrected chi connectivity index (χ3v) is 1.78. The van der Waals surface area contributed by atoms with Gasteiger partial charge in [-0.1, -0.05) is 13.3 Å². The molecule has 0 heterocycles. The van der Waals surface area contributed by atoms with E-state index < -0.39 is 6.04 Å². The summed E-state index contributed by atoms with van der Waals surface area (Å²) in [5.41, 5.74) is 0. The maximum absolute atomic E-state index is 11.3. The van der Waals surface area contributed by atoms with E-state index in [4.69, 9.17) is 4.74 Å². The standard InChI is InChI=1S/C9H17NO3/c1-4-6-8(10(3)7-11)9(12)13-5-2/h7-8H,4-6H2,1-3H3/t8-/m0/s1. The topological polar surface area (TPSA) is 46.6 Å². The highest BCUT2D eigenvalue weighted by atomic mass is 16.5. The zero-order valence-electron chi connectivity index (χ0n) is 8.45. The van der Waals surface area contributed by atoms with Crippen molar-refractivity contribution < 1.29 is 14.3 Å². The first kappa shape index (κ1) is 11.9. The minimum atomic E-state index is -0.428. The molecule has 0 saturated heterocycles. The van der Waals surface area contributed by atoms with E-state index in [1.54, 1.807) is 14.0 Å². The van der Waals surface area contributed by atoms with Gasteiger partial charge in [-0.25, -0.2) is 4.79 Å². The van der Waals surface area contributed by atoms with Gasteiger partial charge in [-0.15, -0.1) is 0 Å². The van der Waals surface area contributed by atoms with Gasteiger partial charge in [-0.2, -0.15) is 0 Å². The molecule has 0 spiro atoms. The third kappa shape index (κ3) is 3.92. The van der Waals surface area contributed by atoms with Crippen LogP contribution in [-0.2, 0) is 14.3 Å². The van der Waals surface area contributed by atoms with Crippen LogP contribution >= 0.6 is 0 Å². The van der Waals surface area contributed by atoms with Crippen LogP contribution < -0.4 is 0 Å². The van der Waals surface area contributed by atoms with Crippen molar-refractivity contribution in [2.45, 2.75) is 32.7 Å². The van der Waals surface area contributed by atoms with Crippen molar-refractivity contribution in [1.82, 2.24) is 4.90 Å². The maximum Gasteiger partial charge on any atom is 0.328 e. The van der Waals surface area contributed by atoms with E-state index in [0.29, 0.717) is 19.4 Å². The molecule has 0 unspecified atom stereocenters. The second kappa shape index (κ2) is 6.46. The largest absolute Gasteiger partial charge is 0.464 e. The molecule has 0 aromatic rings. The Balaban J connectivity index is 4.21. The van der Waals surface area contributed by atoms with Gasteiger partial charge in [0, 0.05) is 7.05 Å². The number of likely N-dealkylation sites (N-methyl/N-ethyl adjacent to an activating group) is 1. The van der Waals surface area contributed by atoms with Gasteiger partial charge in [0.1, 0.15) is 6.04 Å². The number of hydrogen-bond acceptors (Lipinski definition) is 3. The van der Waals surface area contributed by atoms with Gasteiger partial charge >= 0.3 is 5.97 Å². The molecule has 76 valence electrons. The molecule has 0 saturated carbocycles. The minimum absolute atomic E-state index is 0.320. The Morgan fingerprint density at radius 3 is 2.54 bits per heavy atom. The molecule has 0 rings (SSSR count). The number of ether oxygens (including phenoxy) is 1. The normalized spacial score (nSPS) is 11.9. The number of rotatable bonds is 6. The first-order chi connectivity index (χ1) is 6.17. The van der Waals surface area contributed by atoms with Crippen molar-refractivity contribution in [3.63, 3.8) is 0 Å². The fraction of sp³-hybridized carbons (Fsp3) is 0.778. The molecular formula is C9H17NO3. The number of amides is 1. The summed E-state index contributed by atoms with van der Waals surface area (Å²) in [6, 6.07) is -0.428. The van der Waals surface area contributed by atoms with Crippen molar-refractivity contribution in [2.75, 3.05) is 13.7 Å². The zero-order valence-corrected chi connectivity index (χ0v) is 8.45. The molecule has 0 fully saturated rings. The van der Waals surface area contributed by atoms with Crippen molar-refractivity contribution in [2.24, 2.45) is 0 Å². The van der Waals surface area contributed by atoms with Crippen LogP contribution in [0.15, 0.2) is 0 Å². The van der Waals surface area contributed by atoms with Gasteiger partial charge in [0.25, 0.3) is 0 Å². The van der Waals surface area contributed by atoms with Gasteiger partial charge in [-0.05, 0) is 13.3 Å². The van der Waals surface area contributed by atoms with Crippen LogP contribution in [0.4, 0.5) is 0 Å². The van der Waals surface area contributed by atoms with Crippen LogP contribution in [0, 0.1) is 0 Å². The van der Waals surface area contributed by atoms with Gasteiger partial charge in [0.2, 0.25) is 6.41 Å². The Bertz CT molecular complexity index is 170. The van der Waals surface area contributed by atoms with E-state index in [2.05, 4.69) is 0 Å². The molecule has 0 N–H and O–H groups in total. The van der Waals surface area contributed by atoms with Gasteiger partial charge in [-0.3, -0.25) is 4.79 Å². The van der Waals surface area contributed by atoms with E-state index in [9.17, 15) is 9.59 Å². The van der Waals surface area contributed by atoms with Crippen molar-refractivity contribution >= 4 is 12.4 Å². The summed E-state index contributed by atoms with van der Waals surface area (Å²) in [6.07, 6.45) is 2.15. The fourth-order valence-electron chi connectivity index (χ4n) is 1.07. The molecule has 0 aromatic carbocycles. The Morgan fingerprint density at radius 1 is 1.54 bits per heavy atom. The number of esters is 1. The molecule has 4 heteroatoms. The molecule has 0 aliphatic rings. The average Bonchev–Trinajstić information content (AvgIpc) is 2.13. The molecule has 0 radical (unpaired) electrons. The monoisotopic (exact) mass is 187 g/mol. The molecule has 1 amide bonds. The lowest BCUT2D eigenvalue weighted by molar-refractivity contribution is -0.151. The van der Waals surface area contributed by atoms with E-state index in [0.717, 1.165) is 6.42 Å². The third-order valence-electron chi connectivity index (χ3n) is 1.78.